The minimum absolute atomic E-state index is 0.366. The van der Waals surface area contributed by atoms with Crippen LogP contribution >= 0.6 is 0 Å². The molecule has 0 aliphatic rings. The Kier molecular flexibility index (Phi) is 14.3. The van der Waals surface area contributed by atoms with E-state index in [0.29, 0.717) is 6.61 Å². The number of nitrogens with two attached hydrogens (primary N) is 1. The lowest BCUT2D eigenvalue weighted by Gasteiger charge is -2.06. The van der Waals surface area contributed by atoms with Crippen LogP contribution in [0.3, 0.4) is 0 Å². The summed E-state index contributed by atoms with van der Waals surface area (Å²) in [7, 11) is 0. The predicted octanol–water partition coefficient (Wildman–Crippen LogP) is 3.51. The van der Waals surface area contributed by atoms with Crippen molar-refractivity contribution in [2.45, 2.75) is 90.2 Å². The van der Waals surface area contributed by atoms with Gasteiger partial charge in [-0.15, -0.1) is 0 Å². The second kappa shape index (κ2) is 14.8. The van der Waals surface area contributed by atoms with Crippen molar-refractivity contribution in [2.24, 2.45) is 5.73 Å². The van der Waals surface area contributed by atoms with Gasteiger partial charge in [0.05, 0.1) is 6.61 Å². The molecule has 3 N–H and O–H groups in total. The van der Waals surface area contributed by atoms with Gasteiger partial charge in [0.25, 0.3) is 0 Å². The summed E-state index contributed by atoms with van der Waals surface area (Å²) < 4.78 is 4.78. The lowest BCUT2D eigenvalue weighted by molar-refractivity contribution is -0.153. The van der Waals surface area contributed by atoms with Gasteiger partial charge in [0.15, 0.2) is 0 Å². The first-order valence-corrected chi connectivity index (χ1v) is 8.28. The van der Waals surface area contributed by atoms with Crippen molar-refractivity contribution in [1.82, 2.24) is 0 Å². The molecule has 0 spiro atoms. The van der Waals surface area contributed by atoms with Crippen molar-refractivity contribution < 1.29 is 14.6 Å². The molecule has 0 aromatic heterocycles. The van der Waals surface area contributed by atoms with Gasteiger partial charge in [-0.2, -0.15) is 0 Å². The molecule has 0 aromatic carbocycles. The molecular formula is C16H33NO3. The average Bonchev–Trinajstić information content (AvgIpc) is 2.43. The van der Waals surface area contributed by atoms with Crippen LogP contribution in [0.2, 0.25) is 0 Å². The summed E-state index contributed by atoms with van der Waals surface area (Å²) in [5, 5.41) is 8.72. The Hall–Kier alpha value is -0.610. The first-order valence-electron chi connectivity index (χ1n) is 8.28. The Balaban J connectivity index is 3.04. The SMILES string of the molecule is CCCCCCCCCCCCCCOC(=O)C(N)O. The number of aliphatic hydroxyl groups is 1. The second-order valence-electron chi connectivity index (χ2n) is 5.50. The van der Waals surface area contributed by atoms with E-state index >= 15 is 0 Å². The zero-order valence-corrected chi connectivity index (χ0v) is 13.1. The lowest BCUT2D eigenvalue weighted by Crippen LogP contribution is -2.31. The molecule has 0 radical (unpaired) electrons. The molecule has 0 aliphatic heterocycles. The molecule has 120 valence electrons. The summed E-state index contributed by atoms with van der Waals surface area (Å²) >= 11 is 0. The molecule has 4 heteroatoms. The molecule has 0 saturated heterocycles. The zero-order valence-electron chi connectivity index (χ0n) is 13.1. The van der Waals surface area contributed by atoms with Crippen molar-refractivity contribution in [3.63, 3.8) is 0 Å². The standard InChI is InChI=1S/C16H33NO3/c1-2-3-4-5-6-7-8-9-10-11-12-13-14-20-16(19)15(17)18/h15,18H,2-14,17H2,1H3. The van der Waals surface area contributed by atoms with E-state index in [1.165, 1.54) is 64.2 Å². The van der Waals surface area contributed by atoms with E-state index in [4.69, 9.17) is 15.6 Å². The van der Waals surface area contributed by atoms with E-state index in [-0.39, 0.29) is 0 Å². The Labute approximate surface area is 124 Å². The summed E-state index contributed by atoms with van der Waals surface area (Å²) in [4.78, 5) is 10.8. The van der Waals surface area contributed by atoms with Gasteiger partial charge in [-0.3, -0.25) is 5.73 Å². The van der Waals surface area contributed by atoms with E-state index in [1.807, 2.05) is 0 Å². The lowest BCUT2D eigenvalue weighted by atomic mass is 10.1. The van der Waals surface area contributed by atoms with Crippen LogP contribution < -0.4 is 5.73 Å². The number of unbranched alkanes of at least 4 members (excludes halogenated alkanes) is 11. The first kappa shape index (κ1) is 19.4. The van der Waals surface area contributed by atoms with Crippen molar-refractivity contribution in [3.05, 3.63) is 0 Å². The quantitative estimate of drug-likeness (QED) is 0.291. The first-order chi connectivity index (χ1) is 9.68. The molecule has 0 heterocycles. The molecule has 1 unspecified atom stereocenters. The largest absolute Gasteiger partial charge is 0.463 e. The summed E-state index contributed by atoms with van der Waals surface area (Å²) in [6.07, 6.45) is 13.8. The van der Waals surface area contributed by atoms with Crippen LogP contribution in [-0.2, 0) is 9.53 Å². The van der Waals surface area contributed by atoms with Crippen LogP contribution in [0.15, 0.2) is 0 Å². The Morgan fingerprint density at radius 1 is 0.900 bits per heavy atom. The van der Waals surface area contributed by atoms with Crippen molar-refractivity contribution >= 4 is 5.97 Å². The second-order valence-corrected chi connectivity index (χ2v) is 5.50. The Morgan fingerprint density at radius 3 is 1.70 bits per heavy atom. The van der Waals surface area contributed by atoms with Gasteiger partial charge < -0.3 is 9.84 Å². The molecule has 0 rings (SSSR count). The van der Waals surface area contributed by atoms with Crippen LogP contribution in [0, 0.1) is 0 Å². The van der Waals surface area contributed by atoms with Gasteiger partial charge >= 0.3 is 5.97 Å². The molecule has 0 fully saturated rings. The minimum Gasteiger partial charge on any atom is -0.463 e. The predicted molar refractivity (Wildman–Crippen MR) is 82.2 cm³/mol. The van der Waals surface area contributed by atoms with E-state index in [9.17, 15) is 4.79 Å². The highest BCUT2D eigenvalue weighted by Gasteiger charge is 2.09. The van der Waals surface area contributed by atoms with Crippen molar-refractivity contribution in [2.75, 3.05) is 6.61 Å². The van der Waals surface area contributed by atoms with Gasteiger partial charge in [0.1, 0.15) is 0 Å². The van der Waals surface area contributed by atoms with Gasteiger partial charge in [-0.1, -0.05) is 77.6 Å². The van der Waals surface area contributed by atoms with Gasteiger partial charge in [0.2, 0.25) is 6.23 Å². The fourth-order valence-electron chi connectivity index (χ4n) is 2.20. The maximum Gasteiger partial charge on any atom is 0.350 e. The Bertz CT molecular complexity index is 220. The van der Waals surface area contributed by atoms with Crippen LogP contribution in [0.1, 0.15) is 84.0 Å². The normalized spacial score (nSPS) is 12.3. The number of carbonyl (C=O) groups excluding carboxylic acids is 1. The van der Waals surface area contributed by atoms with Crippen LogP contribution in [-0.4, -0.2) is 23.9 Å². The number of hydrogen-bond donors (Lipinski definition) is 2. The molecule has 0 bridgehead atoms. The third-order valence-electron chi connectivity index (χ3n) is 3.48. The number of hydrogen-bond acceptors (Lipinski definition) is 4. The van der Waals surface area contributed by atoms with Gasteiger partial charge in [0, 0.05) is 0 Å². The number of esters is 1. The Morgan fingerprint density at radius 2 is 1.30 bits per heavy atom. The highest BCUT2D eigenvalue weighted by atomic mass is 16.5. The third-order valence-corrected chi connectivity index (χ3v) is 3.48. The van der Waals surface area contributed by atoms with Crippen LogP contribution in [0.5, 0.6) is 0 Å². The summed E-state index contributed by atoms with van der Waals surface area (Å²) in [5.74, 6) is -0.729. The summed E-state index contributed by atoms with van der Waals surface area (Å²) in [6.45, 7) is 2.61. The molecule has 0 amide bonds. The average molecular weight is 287 g/mol. The van der Waals surface area contributed by atoms with Crippen molar-refractivity contribution in [3.8, 4) is 0 Å². The topological polar surface area (TPSA) is 72.5 Å². The zero-order chi connectivity index (χ0) is 15.1. The fraction of sp³-hybridized carbons (Fsp3) is 0.938. The van der Waals surface area contributed by atoms with Crippen LogP contribution in [0.4, 0.5) is 0 Å². The van der Waals surface area contributed by atoms with Gasteiger partial charge in [-0.25, -0.2) is 4.79 Å². The van der Waals surface area contributed by atoms with Crippen LogP contribution in [0.25, 0.3) is 0 Å². The molecule has 0 saturated carbocycles. The van der Waals surface area contributed by atoms with Gasteiger partial charge in [-0.05, 0) is 6.42 Å². The highest BCUT2D eigenvalue weighted by Crippen LogP contribution is 2.11. The van der Waals surface area contributed by atoms with Crippen molar-refractivity contribution in [1.29, 1.82) is 0 Å². The number of rotatable bonds is 14. The number of aliphatic hydroxyl groups excluding tert-OH is 1. The summed E-state index contributed by atoms with van der Waals surface area (Å²) in [6, 6.07) is 0. The summed E-state index contributed by atoms with van der Waals surface area (Å²) in [5.41, 5.74) is 4.96. The van der Waals surface area contributed by atoms with E-state index in [0.717, 1.165) is 12.8 Å². The maximum atomic E-state index is 10.8. The molecule has 4 nitrogen and oxygen atoms in total. The van der Waals surface area contributed by atoms with E-state index in [2.05, 4.69) is 6.92 Å². The molecule has 1 atom stereocenters. The monoisotopic (exact) mass is 287 g/mol. The molecule has 0 aromatic rings. The third kappa shape index (κ3) is 13.8. The molecule has 0 aliphatic carbocycles. The van der Waals surface area contributed by atoms with E-state index < -0.39 is 12.2 Å². The fourth-order valence-corrected chi connectivity index (χ4v) is 2.20. The maximum absolute atomic E-state index is 10.8. The minimum atomic E-state index is -1.49. The molecule has 20 heavy (non-hydrogen) atoms. The smallest absolute Gasteiger partial charge is 0.350 e. The highest BCUT2D eigenvalue weighted by molar-refractivity contribution is 5.73. The number of carbonyl (C=O) groups is 1. The van der Waals surface area contributed by atoms with E-state index in [1.54, 1.807) is 0 Å². The number of ether oxygens (including phenoxy) is 1. The molecular weight excluding hydrogens is 254 g/mol.